The highest BCUT2D eigenvalue weighted by Crippen LogP contribution is 2.43. The highest BCUT2D eigenvalue weighted by atomic mass is 16.1. The van der Waals surface area contributed by atoms with E-state index in [1.54, 1.807) is 0 Å². The summed E-state index contributed by atoms with van der Waals surface area (Å²) in [5.74, 6) is 1.99. The summed E-state index contributed by atoms with van der Waals surface area (Å²) in [7, 11) is 2.22. The molecule has 4 atom stereocenters. The molecule has 6 nitrogen and oxygen atoms in total. The fraction of sp³-hybridized carbons (Fsp3) is 0.783. The van der Waals surface area contributed by atoms with Crippen molar-refractivity contribution in [3.8, 4) is 0 Å². The molecular weight excluding hydrogens is 362 g/mol. The third kappa shape index (κ3) is 3.59. The summed E-state index contributed by atoms with van der Waals surface area (Å²) in [5, 5.41) is 0. The van der Waals surface area contributed by atoms with Crippen LogP contribution >= 0.6 is 0 Å². The number of ketones is 1. The van der Waals surface area contributed by atoms with Gasteiger partial charge in [0.05, 0.1) is 6.54 Å². The van der Waals surface area contributed by atoms with E-state index < -0.39 is 0 Å². The number of rotatable bonds is 5. The van der Waals surface area contributed by atoms with Crippen LogP contribution in [0.2, 0.25) is 0 Å². The topological polar surface area (TPSA) is 52.6 Å². The monoisotopic (exact) mass is 397 g/mol. The van der Waals surface area contributed by atoms with Crippen molar-refractivity contribution in [3.63, 3.8) is 0 Å². The zero-order valence-corrected chi connectivity index (χ0v) is 18.1. The summed E-state index contributed by atoms with van der Waals surface area (Å²) >= 11 is 0. The van der Waals surface area contributed by atoms with Crippen LogP contribution in [0, 0.1) is 5.92 Å². The van der Waals surface area contributed by atoms with E-state index in [9.17, 15) is 4.79 Å². The van der Waals surface area contributed by atoms with E-state index in [1.807, 2.05) is 13.8 Å². The molecule has 158 valence electrons. The molecule has 4 unspecified atom stereocenters. The van der Waals surface area contributed by atoms with Crippen LogP contribution in [-0.4, -0.2) is 76.4 Å². The Labute approximate surface area is 174 Å². The summed E-state index contributed by atoms with van der Waals surface area (Å²) in [6.45, 7) is 6.92. The standard InChI is InChI=1S/C23H35N5O/c1-15(2)22(29)14-27-18-4-5-19(27)9-16(8-18)17-10-24-23(25-11-17)28-20-6-7-21(28)13-26(3)12-20/h10-11,15-16,18-21H,4-9,12-14H2,1-3H3. The fourth-order valence-corrected chi connectivity index (χ4v) is 6.28. The average molecular weight is 398 g/mol. The van der Waals surface area contributed by atoms with Gasteiger partial charge in [0.15, 0.2) is 0 Å². The third-order valence-electron chi connectivity index (χ3n) is 7.89. The largest absolute Gasteiger partial charge is 0.332 e. The minimum Gasteiger partial charge on any atom is -0.332 e. The SMILES string of the molecule is CC(C)C(=O)CN1C2CCC1CC(c1cnc(N3C4CCC3CN(C)C4)nc1)C2. The Kier molecular flexibility index (Phi) is 5.11. The third-order valence-corrected chi connectivity index (χ3v) is 7.89. The van der Waals surface area contributed by atoms with Crippen LogP contribution in [0.15, 0.2) is 12.4 Å². The smallest absolute Gasteiger partial charge is 0.225 e. The molecule has 0 amide bonds. The maximum absolute atomic E-state index is 12.3. The van der Waals surface area contributed by atoms with Crippen molar-refractivity contribution in [3.05, 3.63) is 18.0 Å². The molecule has 0 radical (unpaired) electrons. The van der Waals surface area contributed by atoms with Gasteiger partial charge in [-0.2, -0.15) is 0 Å². The molecule has 6 heteroatoms. The van der Waals surface area contributed by atoms with Crippen molar-refractivity contribution < 1.29 is 4.79 Å². The number of Topliss-reactive ketones (excluding diaryl/α,β-unsaturated/α-hetero) is 1. The number of likely N-dealkylation sites (N-methyl/N-ethyl adjacent to an activating group) is 1. The normalized spacial score (nSPS) is 34.9. The number of anilines is 1. The second kappa shape index (κ2) is 7.62. The Morgan fingerprint density at radius 1 is 1.00 bits per heavy atom. The molecule has 4 bridgehead atoms. The molecule has 1 aromatic heterocycles. The number of piperazine rings is 1. The summed E-state index contributed by atoms with van der Waals surface area (Å²) in [6, 6.07) is 2.24. The predicted molar refractivity (Wildman–Crippen MR) is 114 cm³/mol. The highest BCUT2D eigenvalue weighted by molar-refractivity contribution is 5.82. The van der Waals surface area contributed by atoms with Crippen LogP contribution in [0.1, 0.15) is 63.9 Å². The number of carbonyl (C=O) groups is 1. The number of carbonyl (C=O) groups excluding carboxylic acids is 1. The number of fused-ring (bicyclic) bond motifs is 4. The molecule has 4 fully saturated rings. The number of piperidine rings is 1. The van der Waals surface area contributed by atoms with Gasteiger partial charge in [0.2, 0.25) is 5.95 Å². The Morgan fingerprint density at radius 3 is 2.10 bits per heavy atom. The molecule has 0 spiro atoms. The molecule has 0 aliphatic carbocycles. The van der Waals surface area contributed by atoms with Gasteiger partial charge in [-0.25, -0.2) is 9.97 Å². The van der Waals surface area contributed by atoms with Crippen LogP contribution in [0.5, 0.6) is 0 Å². The number of likely N-dealkylation sites (tertiary alicyclic amines) is 1. The lowest BCUT2D eigenvalue weighted by atomic mass is 9.86. The van der Waals surface area contributed by atoms with Gasteiger partial charge in [-0.3, -0.25) is 9.69 Å². The Hall–Kier alpha value is -1.53. The molecule has 5 rings (SSSR count). The Bertz CT molecular complexity index is 722. The predicted octanol–water partition coefficient (Wildman–Crippen LogP) is 2.69. The first kappa shape index (κ1) is 19.4. The van der Waals surface area contributed by atoms with Crippen LogP contribution in [0.25, 0.3) is 0 Å². The number of hydrogen-bond acceptors (Lipinski definition) is 6. The molecule has 29 heavy (non-hydrogen) atoms. The quantitative estimate of drug-likeness (QED) is 0.761. The van der Waals surface area contributed by atoms with Crippen molar-refractivity contribution in [2.75, 3.05) is 31.6 Å². The average Bonchev–Trinajstić information content (AvgIpc) is 3.09. The number of hydrogen-bond donors (Lipinski definition) is 0. The van der Waals surface area contributed by atoms with Crippen LogP contribution in [-0.2, 0) is 4.79 Å². The van der Waals surface area contributed by atoms with E-state index in [1.165, 1.54) is 31.2 Å². The van der Waals surface area contributed by atoms with E-state index in [-0.39, 0.29) is 5.92 Å². The summed E-state index contributed by atoms with van der Waals surface area (Å²) in [4.78, 5) is 29.4. The van der Waals surface area contributed by atoms with Crippen molar-refractivity contribution in [2.24, 2.45) is 5.92 Å². The van der Waals surface area contributed by atoms with Gasteiger partial charge in [0.25, 0.3) is 0 Å². The van der Waals surface area contributed by atoms with Crippen LogP contribution < -0.4 is 4.90 Å². The molecule has 0 aromatic carbocycles. The first-order valence-electron chi connectivity index (χ1n) is 11.6. The molecule has 1 aromatic rings. The number of nitrogens with zero attached hydrogens (tertiary/aromatic N) is 5. The van der Waals surface area contributed by atoms with Crippen molar-refractivity contribution in [1.29, 1.82) is 0 Å². The molecule has 4 saturated heterocycles. The molecule has 5 heterocycles. The first-order chi connectivity index (χ1) is 14.0. The molecular formula is C23H35N5O. The van der Waals surface area contributed by atoms with E-state index >= 15 is 0 Å². The second-order valence-corrected chi connectivity index (χ2v) is 10.2. The lowest BCUT2D eigenvalue weighted by molar-refractivity contribution is -0.124. The molecule has 4 aliphatic rings. The fourth-order valence-electron chi connectivity index (χ4n) is 6.28. The van der Waals surface area contributed by atoms with Gasteiger partial charge in [-0.15, -0.1) is 0 Å². The van der Waals surface area contributed by atoms with Crippen LogP contribution in [0.3, 0.4) is 0 Å². The minimum absolute atomic E-state index is 0.137. The van der Waals surface area contributed by atoms with Crippen molar-refractivity contribution in [1.82, 2.24) is 19.8 Å². The van der Waals surface area contributed by atoms with Crippen LogP contribution in [0.4, 0.5) is 5.95 Å². The second-order valence-electron chi connectivity index (χ2n) is 10.2. The van der Waals surface area contributed by atoms with Gasteiger partial charge in [-0.05, 0) is 57.1 Å². The van der Waals surface area contributed by atoms with Gasteiger partial charge in [-0.1, -0.05) is 13.8 Å². The van der Waals surface area contributed by atoms with E-state index in [0.717, 1.165) is 31.9 Å². The van der Waals surface area contributed by atoms with Gasteiger partial charge in [0.1, 0.15) is 5.78 Å². The molecule has 4 aliphatic heterocycles. The Balaban J connectivity index is 1.26. The molecule has 0 N–H and O–H groups in total. The van der Waals surface area contributed by atoms with Crippen molar-refractivity contribution in [2.45, 2.75) is 82.5 Å². The van der Waals surface area contributed by atoms with E-state index in [0.29, 0.717) is 42.4 Å². The van der Waals surface area contributed by atoms with Gasteiger partial charge in [0, 0.05) is 55.6 Å². The Morgan fingerprint density at radius 2 is 1.55 bits per heavy atom. The number of aromatic nitrogens is 2. The van der Waals surface area contributed by atoms with Gasteiger partial charge >= 0.3 is 0 Å². The zero-order chi connectivity index (χ0) is 20.1. The molecule has 0 saturated carbocycles. The first-order valence-corrected chi connectivity index (χ1v) is 11.6. The van der Waals surface area contributed by atoms with Gasteiger partial charge < -0.3 is 9.80 Å². The van der Waals surface area contributed by atoms with Crippen molar-refractivity contribution >= 4 is 11.7 Å². The lowest BCUT2D eigenvalue weighted by Crippen LogP contribution is -2.53. The lowest BCUT2D eigenvalue weighted by Gasteiger charge is -2.40. The zero-order valence-electron chi connectivity index (χ0n) is 18.1. The van der Waals surface area contributed by atoms with E-state index in [4.69, 9.17) is 9.97 Å². The minimum atomic E-state index is 0.137. The summed E-state index contributed by atoms with van der Waals surface area (Å²) in [5.41, 5.74) is 1.29. The summed E-state index contributed by atoms with van der Waals surface area (Å²) in [6.07, 6.45) is 11.5. The summed E-state index contributed by atoms with van der Waals surface area (Å²) < 4.78 is 0. The highest BCUT2D eigenvalue weighted by Gasteiger charge is 2.43. The maximum Gasteiger partial charge on any atom is 0.225 e. The van der Waals surface area contributed by atoms with E-state index in [2.05, 4.69) is 34.1 Å². The maximum atomic E-state index is 12.3.